The molecule has 0 aromatic rings. The van der Waals surface area contributed by atoms with Gasteiger partial charge in [-0.3, -0.25) is 9.36 Å². The summed E-state index contributed by atoms with van der Waals surface area (Å²) in [5.74, 6) is 5.93. The molecule has 0 N–H and O–H groups in total. The maximum atomic E-state index is 12.1. The van der Waals surface area contributed by atoms with Gasteiger partial charge in [-0.1, -0.05) is 27.2 Å². The molecule has 4 nitrogen and oxygen atoms in total. The lowest BCUT2D eigenvalue weighted by Crippen LogP contribution is -2.27. The third kappa shape index (κ3) is 6.92. The van der Waals surface area contributed by atoms with E-state index in [-0.39, 0.29) is 11.9 Å². The first kappa shape index (κ1) is 18.4. The Morgan fingerprint density at radius 1 is 1.21 bits per heavy atom. The van der Waals surface area contributed by atoms with Crippen LogP contribution < -0.4 is 0 Å². The number of hydrogen-bond donors (Lipinski definition) is 0. The van der Waals surface area contributed by atoms with Crippen LogP contribution in [0.25, 0.3) is 0 Å². The quantitative estimate of drug-likeness (QED) is 0.388. The fourth-order valence-corrected chi connectivity index (χ4v) is 2.52. The number of rotatable bonds is 8. The van der Waals surface area contributed by atoms with Gasteiger partial charge >= 0.3 is 7.60 Å². The Balaban J connectivity index is 4.50. The van der Waals surface area contributed by atoms with Crippen LogP contribution in [0.3, 0.4) is 0 Å². The Bertz CT molecular complexity index is 382. The Kier molecular flexibility index (Phi) is 8.25. The summed E-state index contributed by atoms with van der Waals surface area (Å²) in [5.41, 5.74) is -0.633. The van der Waals surface area contributed by atoms with E-state index in [2.05, 4.69) is 18.8 Å². The average Bonchev–Trinajstić information content (AvgIpc) is 2.38. The fraction of sp³-hybridized carbons (Fsp3) is 0.786. The van der Waals surface area contributed by atoms with Crippen molar-refractivity contribution in [2.75, 3.05) is 20.4 Å². The van der Waals surface area contributed by atoms with E-state index in [9.17, 15) is 9.36 Å². The maximum Gasteiger partial charge on any atom is 0.337 e. The van der Waals surface area contributed by atoms with E-state index < -0.39 is 13.0 Å². The molecule has 0 spiro atoms. The van der Waals surface area contributed by atoms with E-state index in [0.29, 0.717) is 6.42 Å². The van der Waals surface area contributed by atoms with Gasteiger partial charge in [0, 0.05) is 32.5 Å². The predicted molar refractivity (Wildman–Crippen MR) is 77.2 cm³/mol. The summed E-state index contributed by atoms with van der Waals surface area (Å²) in [7, 11) is -0.708. The highest BCUT2D eigenvalue weighted by Gasteiger charge is 2.34. The van der Waals surface area contributed by atoms with Crippen LogP contribution in [0.4, 0.5) is 0 Å². The molecule has 0 amide bonds. The molecule has 0 saturated carbocycles. The molecular formula is C14H25O4P. The minimum absolute atomic E-state index is 0.149. The summed E-state index contributed by atoms with van der Waals surface area (Å²) in [5, 5.41) is 0. The highest BCUT2D eigenvalue weighted by Crippen LogP contribution is 2.47. The number of Topliss-reactive ketones (excluding diaryl/α,β-unsaturated/α-hetero) is 1. The summed E-state index contributed by atoms with van der Waals surface area (Å²) >= 11 is 0. The van der Waals surface area contributed by atoms with Crippen LogP contribution in [0.5, 0.6) is 0 Å². The first-order valence-electron chi connectivity index (χ1n) is 6.51. The van der Waals surface area contributed by atoms with Crippen molar-refractivity contribution >= 4 is 13.4 Å². The molecular weight excluding hydrogens is 263 g/mol. The number of carbonyl (C=O) groups is 1. The van der Waals surface area contributed by atoms with Crippen LogP contribution in [0.2, 0.25) is 0 Å². The summed E-state index contributed by atoms with van der Waals surface area (Å²) in [4.78, 5) is 12.1. The largest absolute Gasteiger partial charge is 0.337 e. The van der Waals surface area contributed by atoms with E-state index >= 15 is 0 Å². The molecule has 0 aliphatic rings. The molecule has 5 heteroatoms. The van der Waals surface area contributed by atoms with Crippen LogP contribution in [-0.4, -0.2) is 26.2 Å². The third-order valence-electron chi connectivity index (χ3n) is 2.96. The highest BCUT2D eigenvalue weighted by molar-refractivity contribution is 7.54. The normalized spacial score (nSPS) is 11.8. The number of ketones is 1. The van der Waals surface area contributed by atoms with Gasteiger partial charge in [-0.15, -0.1) is 11.8 Å². The molecule has 0 bridgehead atoms. The van der Waals surface area contributed by atoms with Gasteiger partial charge in [0.05, 0.1) is 0 Å². The minimum atomic E-state index is -3.28. The van der Waals surface area contributed by atoms with Crippen molar-refractivity contribution in [3.63, 3.8) is 0 Å². The molecule has 0 atom stereocenters. The Labute approximate surface area is 116 Å². The van der Waals surface area contributed by atoms with Crippen molar-refractivity contribution in [2.24, 2.45) is 5.41 Å². The third-order valence-corrected chi connectivity index (χ3v) is 4.75. The van der Waals surface area contributed by atoms with Gasteiger partial charge in [-0.25, -0.2) is 0 Å². The van der Waals surface area contributed by atoms with Crippen molar-refractivity contribution in [3.05, 3.63) is 0 Å². The number of unbranched alkanes of at least 4 members (excludes halogenated alkanes) is 2. The lowest BCUT2D eigenvalue weighted by Gasteiger charge is -2.22. The zero-order chi connectivity index (χ0) is 14.9. The van der Waals surface area contributed by atoms with E-state index in [4.69, 9.17) is 9.05 Å². The van der Waals surface area contributed by atoms with E-state index in [0.717, 1.165) is 19.3 Å². The standard InChI is InChI=1S/C14H25O4P/c1-6-7-8-9-10-11-14(2,3)13(15)12-19(16,17-4)18-5/h6-8,11-12H2,1-5H3. The Morgan fingerprint density at radius 3 is 2.26 bits per heavy atom. The molecule has 0 saturated heterocycles. The van der Waals surface area contributed by atoms with E-state index in [1.807, 2.05) is 0 Å². The SMILES string of the molecule is CCCCC#CCC(C)(C)C(=O)CP(=O)(OC)OC. The fourth-order valence-electron chi connectivity index (χ4n) is 1.33. The molecule has 0 radical (unpaired) electrons. The smallest absolute Gasteiger partial charge is 0.312 e. The maximum absolute atomic E-state index is 12.1. The summed E-state index contributed by atoms with van der Waals surface area (Å²) in [6.45, 7) is 5.72. The first-order chi connectivity index (χ1) is 8.81. The van der Waals surface area contributed by atoms with Crippen molar-refractivity contribution < 1.29 is 18.4 Å². The molecule has 0 rings (SSSR count). The lowest BCUT2D eigenvalue weighted by atomic mass is 9.85. The molecule has 0 aliphatic carbocycles. The molecule has 0 aliphatic heterocycles. The summed E-state index contributed by atoms with van der Waals surface area (Å²) in [6.07, 6.45) is 3.30. The van der Waals surface area contributed by atoms with Crippen molar-refractivity contribution in [1.82, 2.24) is 0 Å². The van der Waals surface area contributed by atoms with Gasteiger partial charge in [-0.2, -0.15) is 0 Å². The second-order valence-electron chi connectivity index (χ2n) is 5.08. The van der Waals surface area contributed by atoms with Crippen LogP contribution in [0.1, 0.15) is 46.5 Å². The van der Waals surface area contributed by atoms with Crippen molar-refractivity contribution in [3.8, 4) is 11.8 Å². The van der Waals surface area contributed by atoms with Gasteiger partial charge < -0.3 is 9.05 Å². The zero-order valence-corrected chi connectivity index (χ0v) is 13.5. The Hall–Kier alpha value is -0.620. The molecule has 0 aromatic heterocycles. The first-order valence-corrected chi connectivity index (χ1v) is 8.23. The topological polar surface area (TPSA) is 52.6 Å². The average molecular weight is 288 g/mol. The minimum Gasteiger partial charge on any atom is -0.312 e. The molecule has 0 aromatic carbocycles. The second kappa shape index (κ2) is 8.53. The van der Waals surface area contributed by atoms with E-state index in [1.165, 1.54) is 14.2 Å². The van der Waals surface area contributed by atoms with Crippen LogP contribution in [0, 0.1) is 17.3 Å². The summed E-state index contributed by atoms with van der Waals surface area (Å²) < 4.78 is 21.5. The van der Waals surface area contributed by atoms with Crippen molar-refractivity contribution in [1.29, 1.82) is 0 Å². The van der Waals surface area contributed by atoms with Crippen LogP contribution in [-0.2, 0) is 18.4 Å². The molecule has 110 valence electrons. The molecule has 0 unspecified atom stereocenters. The number of carbonyl (C=O) groups excluding carboxylic acids is 1. The van der Waals surface area contributed by atoms with Gasteiger partial charge in [0.15, 0.2) is 5.78 Å². The van der Waals surface area contributed by atoms with Crippen LogP contribution >= 0.6 is 7.60 Å². The lowest BCUT2D eigenvalue weighted by molar-refractivity contribution is -0.124. The zero-order valence-electron chi connectivity index (χ0n) is 12.6. The Morgan fingerprint density at radius 2 is 1.79 bits per heavy atom. The molecule has 0 fully saturated rings. The van der Waals surface area contributed by atoms with Crippen molar-refractivity contribution in [2.45, 2.75) is 46.5 Å². The van der Waals surface area contributed by atoms with Crippen LogP contribution in [0.15, 0.2) is 0 Å². The molecule has 0 heterocycles. The van der Waals surface area contributed by atoms with Gasteiger partial charge in [0.25, 0.3) is 0 Å². The summed E-state index contributed by atoms with van der Waals surface area (Å²) in [6, 6.07) is 0. The van der Waals surface area contributed by atoms with Gasteiger partial charge in [0.2, 0.25) is 0 Å². The second-order valence-corrected chi connectivity index (χ2v) is 7.34. The highest BCUT2D eigenvalue weighted by atomic mass is 31.2. The van der Waals surface area contributed by atoms with Gasteiger partial charge in [-0.05, 0) is 6.42 Å². The van der Waals surface area contributed by atoms with Gasteiger partial charge in [0.1, 0.15) is 6.16 Å². The monoisotopic (exact) mass is 288 g/mol. The predicted octanol–water partition coefficient (Wildman–Crippen LogP) is 3.65. The van der Waals surface area contributed by atoms with E-state index in [1.54, 1.807) is 13.8 Å². The molecule has 19 heavy (non-hydrogen) atoms. The number of hydrogen-bond acceptors (Lipinski definition) is 4.